The normalized spacial score (nSPS) is 14.7. The molecule has 0 aromatic carbocycles. The van der Waals surface area contributed by atoms with Crippen molar-refractivity contribution in [2.75, 3.05) is 32.3 Å². The molecule has 0 heterocycles. The Kier molecular flexibility index (Phi) is 13.7. The lowest BCUT2D eigenvalue weighted by atomic mass is 9.80. The summed E-state index contributed by atoms with van der Waals surface area (Å²) in [5.41, 5.74) is -0.954. The number of hydrogen-bond donors (Lipinski definition) is 0. The van der Waals surface area contributed by atoms with E-state index in [1.807, 2.05) is 26.9 Å². The average molecular weight is 551 g/mol. The van der Waals surface area contributed by atoms with Crippen LogP contribution in [0.4, 0.5) is 0 Å². The topological polar surface area (TPSA) is 80.3 Å². The molecule has 0 amide bonds. The zero-order valence-electron chi connectivity index (χ0n) is 22.8. The van der Waals surface area contributed by atoms with Gasteiger partial charge in [-0.2, -0.15) is 0 Å². The van der Waals surface area contributed by atoms with E-state index in [1.54, 1.807) is 27.7 Å². The highest BCUT2D eigenvalue weighted by Gasteiger charge is 2.76. The van der Waals surface area contributed by atoms with Crippen LogP contribution in [0.3, 0.4) is 0 Å². The van der Waals surface area contributed by atoms with Crippen molar-refractivity contribution in [3.8, 4) is 0 Å². The van der Waals surface area contributed by atoms with Crippen LogP contribution in [0, 0.1) is 5.41 Å². The maximum Gasteiger partial charge on any atom is 0.374 e. The SMILES string of the molecule is CCOP(=O)(OCC)C(O[Si](C)(C)C(C)(C)C)(C(CC)(CC)CCCl)P(=O)(OCC)OCC. The van der Waals surface area contributed by atoms with E-state index in [0.717, 1.165) is 0 Å². The summed E-state index contributed by atoms with van der Waals surface area (Å²) in [6.07, 6.45) is 1.32. The molecule has 0 atom stereocenters. The predicted molar refractivity (Wildman–Crippen MR) is 141 cm³/mol. The van der Waals surface area contributed by atoms with Crippen LogP contribution in [-0.4, -0.2) is 45.7 Å². The third kappa shape index (κ3) is 6.56. The Labute approximate surface area is 209 Å². The first-order valence-corrected chi connectivity index (χ1v) is 18.7. The van der Waals surface area contributed by atoms with Gasteiger partial charge < -0.3 is 22.5 Å². The molecule has 0 fully saturated rings. The van der Waals surface area contributed by atoms with Gasteiger partial charge in [0.1, 0.15) is 0 Å². The summed E-state index contributed by atoms with van der Waals surface area (Å²) in [7, 11) is -11.3. The van der Waals surface area contributed by atoms with Gasteiger partial charge in [-0.3, -0.25) is 9.13 Å². The molecule has 0 unspecified atom stereocenters. The van der Waals surface area contributed by atoms with Crippen molar-refractivity contribution in [1.29, 1.82) is 0 Å². The second-order valence-corrected chi connectivity index (χ2v) is 19.3. The van der Waals surface area contributed by atoms with Crippen LogP contribution in [0.5, 0.6) is 0 Å². The molecule has 0 spiro atoms. The zero-order chi connectivity index (χ0) is 26.2. The molecule has 0 N–H and O–H groups in total. The Morgan fingerprint density at radius 1 is 0.727 bits per heavy atom. The number of hydrogen-bond acceptors (Lipinski definition) is 7. The number of rotatable bonds is 17. The van der Waals surface area contributed by atoms with Gasteiger partial charge in [-0.15, -0.1) is 11.6 Å². The molecule has 0 saturated carbocycles. The van der Waals surface area contributed by atoms with Gasteiger partial charge in [0, 0.05) is 11.3 Å². The molecule has 33 heavy (non-hydrogen) atoms. The van der Waals surface area contributed by atoms with Crippen LogP contribution in [0.15, 0.2) is 0 Å². The van der Waals surface area contributed by atoms with Crippen LogP contribution in [0.1, 0.15) is 81.6 Å². The van der Waals surface area contributed by atoms with Crippen molar-refractivity contribution >= 4 is 35.1 Å². The van der Waals surface area contributed by atoms with Crippen LogP contribution in [-0.2, 0) is 31.7 Å². The summed E-state index contributed by atoms with van der Waals surface area (Å²) in [6, 6.07) is 0. The molecule has 200 valence electrons. The first kappa shape index (κ1) is 33.8. The van der Waals surface area contributed by atoms with Crippen molar-refractivity contribution in [2.45, 2.75) is 105 Å². The summed E-state index contributed by atoms with van der Waals surface area (Å²) < 4.78 is 60.8. The van der Waals surface area contributed by atoms with E-state index in [1.165, 1.54) is 0 Å². The number of alkyl halides is 1. The lowest BCUT2D eigenvalue weighted by Crippen LogP contribution is -2.58. The summed E-state index contributed by atoms with van der Waals surface area (Å²) in [4.78, 5) is 0. The fraction of sp³-hybridized carbons (Fsp3) is 1.00. The van der Waals surface area contributed by atoms with E-state index in [2.05, 4.69) is 20.8 Å². The first-order chi connectivity index (χ1) is 15.1. The predicted octanol–water partition coefficient (Wildman–Crippen LogP) is 8.63. The summed E-state index contributed by atoms with van der Waals surface area (Å²) in [5, 5.41) is -2.27. The van der Waals surface area contributed by atoms with Crippen LogP contribution in [0.2, 0.25) is 18.1 Å². The second kappa shape index (κ2) is 13.4. The molecule has 0 aromatic heterocycles. The van der Waals surface area contributed by atoms with Crippen LogP contribution >= 0.6 is 26.8 Å². The van der Waals surface area contributed by atoms with E-state index in [0.29, 0.717) is 19.3 Å². The molecule has 7 nitrogen and oxygen atoms in total. The average Bonchev–Trinajstić information content (AvgIpc) is 2.70. The highest BCUT2D eigenvalue weighted by atomic mass is 35.5. The van der Waals surface area contributed by atoms with Crippen molar-refractivity contribution in [3.05, 3.63) is 0 Å². The number of halogens is 1. The highest BCUT2D eigenvalue weighted by molar-refractivity contribution is 7.74. The van der Waals surface area contributed by atoms with Crippen LogP contribution < -0.4 is 0 Å². The molecule has 0 rings (SSSR count). The van der Waals surface area contributed by atoms with E-state index < -0.39 is 34.0 Å². The fourth-order valence-corrected chi connectivity index (χ4v) is 14.0. The Balaban J connectivity index is 7.99. The van der Waals surface area contributed by atoms with Gasteiger partial charge in [-0.25, -0.2) is 0 Å². The third-order valence-electron chi connectivity index (χ3n) is 6.76. The van der Waals surface area contributed by atoms with Crippen molar-refractivity contribution in [1.82, 2.24) is 0 Å². The molecule has 0 aliphatic carbocycles. The van der Waals surface area contributed by atoms with Crippen LogP contribution in [0.25, 0.3) is 0 Å². The van der Waals surface area contributed by atoms with Gasteiger partial charge in [0.2, 0.25) is 0 Å². The minimum absolute atomic E-state index is 0.0858. The second-order valence-electron chi connectivity index (χ2n) is 9.56. The minimum atomic E-state index is -4.25. The molecule has 0 radical (unpaired) electrons. The Morgan fingerprint density at radius 3 is 1.27 bits per heavy atom. The van der Waals surface area contributed by atoms with Gasteiger partial charge in [0.05, 0.1) is 26.4 Å². The van der Waals surface area contributed by atoms with E-state index >= 15 is 0 Å². The van der Waals surface area contributed by atoms with E-state index in [9.17, 15) is 9.13 Å². The molecule has 0 bridgehead atoms. The lowest BCUT2D eigenvalue weighted by molar-refractivity contribution is -0.00957. The monoisotopic (exact) mass is 550 g/mol. The Hall–Kier alpha value is 0.767. The largest absolute Gasteiger partial charge is 0.391 e. The Bertz CT molecular complexity index is 628. The molecule has 0 aliphatic heterocycles. The highest BCUT2D eigenvalue weighted by Crippen LogP contribution is 2.85. The third-order valence-corrected chi connectivity index (χ3v) is 18.2. The summed E-state index contributed by atoms with van der Waals surface area (Å²) in [6.45, 7) is 21.5. The standard InChI is InChI=1S/C22H49ClO7P2Si/c1-12-21(13-2,18-19-23)22(30-33(10,11)20(7,8)9,31(24,26-14-3)27-15-4)32(25,28-16-5)29-17-6/h12-19H2,1-11H3. The van der Waals surface area contributed by atoms with Gasteiger partial charge in [0.15, 0.2) is 8.32 Å². The molecule has 11 heteroatoms. The molecule has 0 saturated heterocycles. The lowest BCUT2D eigenvalue weighted by Gasteiger charge is -2.56. The smallest absolute Gasteiger partial charge is 0.374 e. The molecule has 0 aliphatic rings. The summed E-state index contributed by atoms with van der Waals surface area (Å²) >= 11 is 6.33. The van der Waals surface area contributed by atoms with Crippen molar-refractivity contribution in [2.24, 2.45) is 5.41 Å². The molecule has 0 aromatic rings. The maximum atomic E-state index is 15.0. The van der Waals surface area contributed by atoms with E-state index in [4.69, 9.17) is 34.1 Å². The molecular weight excluding hydrogens is 502 g/mol. The van der Waals surface area contributed by atoms with Crippen molar-refractivity contribution < 1.29 is 31.7 Å². The summed E-state index contributed by atoms with van der Waals surface area (Å²) in [5.74, 6) is 0.251. The van der Waals surface area contributed by atoms with Gasteiger partial charge >= 0.3 is 15.2 Å². The van der Waals surface area contributed by atoms with E-state index in [-0.39, 0.29) is 37.3 Å². The van der Waals surface area contributed by atoms with Gasteiger partial charge in [0.25, 0.3) is 5.08 Å². The zero-order valence-corrected chi connectivity index (χ0v) is 26.3. The Morgan fingerprint density at radius 2 is 1.06 bits per heavy atom. The van der Waals surface area contributed by atoms with Crippen molar-refractivity contribution in [3.63, 3.8) is 0 Å². The molecular formula is C22H49ClO7P2Si. The maximum absolute atomic E-state index is 15.0. The quantitative estimate of drug-likeness (QED) is 0.102. The first-order valence-electron chi connectivity index (χ1n) is 12.2. The van der Waals surface area contributed by atoms with Gasteiger partial charge in [-0.1, -0.05) is 34.6 Å². The minimum Gasteiger partial charge on any atom is -0.391 e. The fourth-order valence-electron chi connectivity index (χ4n) is 3.97. The van der Waals surface area contributed by atoms with Gasteiger partial charge in [-0.05, 0) is 65.1 Å².